The minimum atomic E-state index is -3.64. The van der Waals surface area contributed by atoms with Crippen molar-refractivity contribution in [3.63, 3.8) is 0 Å². The van der Waals surface area contributed by atoms with Gasteiger partial charge in [0.1, 0.15) is 5.75 Å². The lowest BCUT2D eigenvalue weighted by atomic mass is 9.75. The first-order valence-electron chi connectivity index (χ1n) is 5.64. The second-order valence-corrected chi connectivity index (χ2v) is 7.10. The Morgan fingerprint density at radius 1 is 1.29 bits per heavy atom. The van der Waals surface area contributed by atoms with Gasteiger partial charge in [-0.2, -0.15) is 0 Å². The Labute approximate surface area is 106 Å². The van der Waals surface area contributed by atoms with Gasteiger partial charge in [-0.15, -0.1) is 0 Å². The molecule has 2 rings (SSSR count). The fourth-order valence-electron chi connectivity index (χ4n) is 1.88. The molecule has 0 aliphatic heterocycles. The quantitative estimate of drug-likeness (QED) is 0.793. The molecule has 1 aliphatic rings. The third-order valence-electron chi connectivity index (χ3n) is 3.37. The van der Waals surface area contributed by atoms with E-state index in [-0.39, 0.29) is 4.90 Å². The van der Waals surface area contributed by atoms with E-state index in [0.29, 0.717) is 18.3 Å². The van der Waals surface area contributed by atoms with E-state index in [1.54, 1.807) is 12.1 Å². The third-order valence-corrected chi connectivity index (χ3v) is 4.74. The number of ether oxygens (including phenoxy) is 1. The van der Waals surface area contributed by atoms with Crippen LogP contribution in [0.2, 0.25) is 0 Å². The van der Waals surface area contributed by atoms with Crippen LogP contribution in [0, 0.1) is 11.8 Å². The zero-order valence-electron chi connectivity index (χ0n) is 9.60. The van der Waals surface area contributed by atoms with Crippen molar-refractivity contribution in [3.8, 4) is 5.75 Å². The van der Waals surface area contributed by atoms with Gasteiger partial charge in [-0.3, -0.25) is 0 Å². The number of benzene rings is 1. The lowest BCUT2D eigenvalue weighted by molar-refractivity contribution is 0.116. The molecule has 0 unspecified atom stereocenters. The maximum absolute atomic E-state index is 11.0. The van der Waals surface area contributed by atoms with Crippen LogP contribution in [-0.2, 0) is 9.05 Å². The van der Waals surface area contributed by atoms with E-state index in [2.05, 4.69) is 6.92 Å². The number of halogens is 1. The molecule has 0 radical (unpaired) electrons. The van der Waals surface area contributed by atoms with Gasteiger partial charge in [0.15, 0.2) is 0 Å². The molecule has 2 atom stereocenters. The van der Waals surface area contributed by atoms with E-state index in [1.807, 2.05) is 0 Å². The summed E-state index contributed by atoms with van der Waals surface area (Å²) in [6.07, 6.45) is 2.49. The summed E-state index contributed by atoms with van der Waals surface area (Å²) in [6, 6.07) is 6.20. The monoisotopic (exact) mass is 274 g/mol. The highest BCUT2D eigenvalue weighted by Crippen LogP contribution is 2.34. The maximum atomic E-state index is 11.0. The average molecular weight is 275 g/mol. The van der Waals surface area contributed by atoms with Crippen molar-refractivity contribution in [1.29, 1.82) is 0 Å². The third kappa shape index (κ3) is 3.13. The van der Waals surface area contributed by atoms with Crippen molar-refractivity contribution in [3.05, 3.63) is 24.3 Å². The van der Waals surface area contributed by atoms with Crippen LogP contribution in [0.3, 0.4) is 0 Å². The smallest absolute Gasteiger partial charge is 0.261 e. The summed E-state index contributed by atoms with van der Waals surface area (Å²) in [6.45, 7) is 2.93. The summed E-state index contributed by atoms with van der Waals surface area (Å²) >= 11 is 0. The first kappa shape index (κ1) is 12.7. The fraction of sp³-hybridized carbons (Fsp3) is 0.500. The summed E-state index contributed by atoms with van der Waals surface area (Å²) in [5.41, 5.74) is 0. The Kier molecular flexibility index (Phi) is 3.64. The maximum Gasteiger partial charge on any atom is 0.261 e. The minimum Gasteiger partial charge on any atom is -0.493 e. The molecule has 17 heavy (non-hydrogen) atoms. The second-order valence-electron chi connectivity index (χ2n) is 4.53. The molecule has 1 saturated carbocycles. The zero-order valence-corrected chi connectivity index (χ0v) is 11.2. The van der Waals surface area contributed by atoms with Crippen LogP contribution < -0.4 is 4.74 Å². The second kappa shape index (κ2) is 4.86. The standard InChI is InChI=1S/C12H15ClO3S/c1-9-2-3-10(9)8-16-11-4-6-12(7-5-11)17(13,14)15/h4-7,9-10H,2-3,8H2,1H3/t9-,10-/m1/s1. The molecule has 0 amide bonds. The summed E-state index contributed by atoms with van der Waals surface area (Å²) in [7, 11) is 1.58. The van der Waals surface area contributed by atoms with E-state index in [9.17, 15) is 8.42 Å². The van der Waals surface area contributed by atoms with Crippen LogP contribution in [-0.4, -0.2) is 15.0 Å². The normalized spacial score (nSPS) is 24.1. The van der Waals surface area contributed by atoms with Crippen LogP contribution in [0.1, 0.15) is 19.8 Å². The zero-order chi connectivity index (χ0) is 12.5. The van der Waals surface area contributed by atoms with Crippen molar-refractivity contribution < 1.29 is 13.2 Å². The van der Waals surface area contributed by atoms with Gasteiger partial charge in [0.25, 0.3) is 9.05 Å². The molecule has 0 N–H and O–H groups in total. The molecule has 0 aromatic heterocycles. The first-order valence-corrected chi connectivity index (χ1v) is 7.95. The highest BCUT2D eigenvalue weighted by Gasteiger charge is 2.27. The number of hydrogen-bond donors (Lipinski definition) is 0. The summed E-state index contributed by atoms with van der Waals surface area (Å²) < 4.78 is 27.7. The lowest BCUT2D eigenvalue weighted by Crippen LogP contribution is -2.28. The predicted octanol–water partition coefficient (Wildman–Crippen LogP) is 3.04. The van der Waals surface area contributed by atoms with Gasteiger partial charge in [-0.05, 0) is 48.9 Å². The van der Waals surface area contributed by atoms with Crippen molar-refractivity contribution in [1.82, 2.24) is 0 Å². The van der Waals surface area contributed by atoms with Gasteiger partial charge in [0.05, 0.1) is 11.5 Å². The largest absolute Gasteiger partial charge is 0.493 e. The molecule has 3 nitrogen and oxygen atoms in total. The Hall–Kier alpha value is -0.740. The molecular weight excluding hydrogens is 260 g/mol. The van der Waals surface area contributed by atoms with Crippen LogP contribution >= 0.6 is 10.7 Å². The van der Waals surface area contributed by atoms with Crippen LogP contribution in [0.5, 0.6) is 5.75 Å². The van der Waals surface area contributed by atoms with E-state index in [0.717, 1.165) is 5.92 Å². The Balaban J connectivity index is 1.94. The number of hydrogen-bond acceptors (Lipinski definition) is 3. The van der Waals surface area contributed by atoms with Gasteiger partial charge in [-0.25, -0.2) is 8.42 Å². The molecule has 0 heterocycles. The minimum absolute atomic E-state index is 0.100. The van der Waals surface area contributed by atoms with Crippen LogP contribution in [0.15, 0.2) is 29.2 Å². The van der Waals surface area contributed by atoms with E-state index >= 15 is 0 Å². The average Bonchev–Trinajstić information content (AvgIpc) is 2.27. The summed E-state index contributed by atoms with van der Waals surface area (Å²) in [5, 5.41) is 0. The molecule has 0 bridgehead atoms. The molecule has 1 fully saturated rings. The van der Waals surface area contributed by atoms with Crippen molar-refractivity contribution in [2.75, 3.05) is 6.61 Å². The Morgan fingerprint density at radius 3 is 2.35 bits per heavy atom. The predicted molar refractivity (Wildman–Crippen MR) is 66.9 cm³/mol. The summed E-state index contributed by atoms with van der Waals surface area (Å²) in [5.74, 6) is 2.05. The van der Waals surface area contributed by atoms with Crippen molar-refractivity contribution in [2.45, 2.75) is 24.7 Å². The Bertz CT molecular complexity index is 481. The van der Waals surface area contributed by atoms with Crippen molar-refractivity contribution in [2.24, 2.45) is 11.8 Å². The molecule has 1 aromatic carbocycles. The molecule has 1 aliphatic carbocycles. The van der Waals surface area contributed by atoms with Gasteiger partial charge in [-0.1, -0.05) is 6.92 Å². The molecule has 1 aromatic rings. The molecule has 5 heteroatoms. The highest BCUT2D eigenvalue weighted by atomic mass is 35.7. The van der Waals surface area contributed by atoms with Gasteiger partial charge < -0.3 is 4.74 Å². The van der Waals surface area contributed by atoms with E-state index < -0.39 is 9.05 Å². The molecular formula is C12H15ClO3S. The van der Waals surface area contributed by atoms with Gasteiger partial charge in [0.2, 0.25) is 0 Å². The van der Waals surface area contributed by atoms with Gasteiger partial charge in [0, 0.05) is 10.7 Å². The number of rotatable bonds is 4. The highest BCUT2D eigenvalue weighted by molar-refractivity contribution is 8.13. The summed E-state index contributed by atoms with van der Waals surface area (Å²) in [4.78, 5) is 0.100. The molecule has 0 spiro atoms. The van der Waals surface area contributed by atoms with Crippen molar-refractivity contribution >= 4 is 19.7 Å². The topological polar surface area (TPSA) is 43.4 Å². The van der Waals surface area contributed by atoms with Crippen LogP contribution in [0.4, 0.5) is 0 Å². The van der Waals surface area contributed by atoms with Crippen LogP contribution in [0.25, 0.3) is 0 Å². The Morgan fingerprint density at radius 2 is 1.94 bits per heavy atom. The van der Waals surface area contributed by atoms with Gasteiger partial charge >= 0.3 is 0 Å². The fourth-order valence-corrected chi connectivity index (χ4v) is 2.65. The lowest BCUT2D eigenvalue weighted by Gasteiger charge is -2.33. The molecule has 0 saturated heterocycles. The van der Waals surface area contributed by atoms with E-state index in [1.165, 1.54) is 25.0 Å². The molecule has 94 valence electrons. The SMILES string of the molecule is C[C@@H]1CC[C@@H]1COc1ccc(S(=O)(=O)Cl)cc1. The first-order chi connectivity index (χ1) is 7.97. The van der Waals surface area contributed by atoms with E-state index in [4.69, 9.17) is 15.4 Å².